The van der Waals surface area contributed by atoms with E-state index >= 15 is 0 Å². The van der Waals surface area contributed by atoms with Crippen LogP contribution in [0.15, 0.2) is 54.7 Å². The van der Waals surface area contributed by atoms with Gasteiger partial charge in [-0.2, -0.15) is 23.8 Å². The summed E-state index contributed by atoms with van der Waals surface area (Å²) in [4.78, 5) is 0. The molecule has 23 heavy (non-hydrogen) atoms. The third-order valence-corrected chi connectivity index (χ3v) is 3.93. The minimum absolute atomic E-state index is 0. The van der Waals surface area contributed by atoms with Crippen LogP contribution in [0.2, 0.25) is 0 Å². The van der Waals surface area contributed by atoms with E-state index in [2.05, 4.69) is 49.2 Å². The van der Waals surface area contributed by atoms with Crippen molar-refractivity contribution in [3.05, 3.63) is 77.5 Å². The number of benzene rings is 2. The fourth-order valence-electron chi connectivity index (χ4n) is 2.18. The number of hydrogen-bond acceptors (Lipinski definition) is 2. The summed E-state index contributed by atoms with van der Waals surface area (Å²) >= 11 is 0. The average molecular weight is 383 g/mol. The first kappa shape index (κ1) is 20.1. The van der Waals surface area contributed by atoms with Crippen molar-refractivity contribution < 1.29 is 37.8 Å². The second-order valence-corrected chi connectivity index (χ2v) is 6.12. The fraction of sp³-hybridized carbons (Fsp3) is 0.300. The number of aryl methyl sites for hydroxylation is 3. The summed E-state index contributed by atoms with van der Waals surface area (Å²) in [5, 5.41) is 13.8. The van der Waals surface area contributed by atoms with Gasteiger partial charge in [0.15, 0.2) is 0 Å². The molecule has 0 saturated heterocycles. The first-order valence-corrected chi connectivity index (χ1v) is 7.59. The van der Waals surface area contributed by atoms with Crippen LogP contribution in [0.3, 0.4) is 0 Å². The molecule has 1 atom stereocenters. The number of nitrogens with one attached hydrogen (secondary N) is 1. The Morgan fingerprint density at radius 2 is 1.83 bits per heavy atom. The molecule has 0 aliphatic rings. The molecule has 119 valence electrons. The van der Waals surface area contributed by atoms with Gasteiger partial charge in [0.2, 0.25) is 0 Å². The van der Waals surface area contributed by atoms with Crippen molar-refractivity contribution in [2.24, 2.45) is 0 Å². The van der Waals surface area contributed by atoms with Crippen LogP contribution in [0.4, 0.5) is 5.69 Å². The maximum absolute atomic E-state index is 10.6. The molecule has 0 unspecified atom stereocenters. The zero-order valence-electron chi connectivity index (χ0n) is 14.2. The van der Waals surface area contributed by atoms with Gasteiger partial charge in [0, 0.05) is 38.4 Å². The van der Waals surface area contributed by atoms with Gasteiger partial charge in [0.05, 0.1) is 0 Å². The Morgan fingerprint density at radius 3 is 2.39 bits per heavy atom. The van der Waals surface area contributed by atoms with E-state index in [-0.39, 0.29) is 32.7 Å². The fourth-order valence-corrected chi connectivity index (χ4v) is 2.18. The largest absolute Gasteiger partial charge is 0.410 e. The number of anilines is 1. The van der Waals surface area contributed by atoms with E-state index in [0.717, 1.165) is 17.7 Å². The predicted octanol–water partition coefficient (Wildman–Crippen LogP) is 4.41. The summed E-state index contributed by atoms with van der Waals surface area (Å²) in [5.41, 5.74) is 4.10. The van der Waals surface area contributed by atoms with Crippen molar-refractivity contribution in [1.82, 2.24) is 0 Å². The van der Waals surface area contributed by atoms with Crippen molar-refractivity contribution in [3.8, 4) is 0 Å². The van der Waals surface area contributed by atoms with Crippen molar-refractivity contribution in [3.63, 3.8) is 0 Å². The summed E-state index contributed by atoms with van der Waals surface area (Å²) in [6.07, 6.45) is 1.44. The van der Waals surface area contributed by atoms with Gasteiger partial charge in [0.1, 0.15) is 5.60 Å². The molecule has 2 aromatic rings. The van der Waals surface area contributed by atoms with Crippen LogP contribution >= 0.6 is 0 Å². The van der Waals surface area contributed by atoms with Gasteiger partial charge in [0.25, 0.3) is 0 Å². The quantitative estimate of drug-likeness (QED) is 0.725. The third-order valence-electron chi connectivity index (χ3n) is 3.93. The number of rotatable bonds is 6. The molecule has 0 amide bonds. The van der Waals surface area contributed by atoms with Crippen LogP contribution in [0, 0.1) is 19.9 Å². The smallest absolute Gasteiger partial charge is 0.100 e. The van der Waals surface area contributed by atoms with E-state index in [0.29, 0.717) is 12.1 Å². The maximum Gasteiger partial charge on any atom is 0.100 e. The molecule has 0 bridgehead atoms. The molecule has 0 saturated carbocycles. The minimum atomic E-state index is -0.963. The molecule has 0 spiro atoms. The van der Waals surface area contributed by atoms with Gasteiger partial charge in [-0.15, -0.1) is 6.07 Å². The second-order valence-electron chi connectivity index (χ2n) is 6.12. The average Bonchev–Trinajstić information content (AvgIpc) is 2.49. The van der Waals surface area contributed by atoms with Gasteiger partial charge in [-0.05, 0) is 32.3 Å². The molecule has 2 N–H and O–H groups in total. The molecule has 0 fully saturated rings. The van der Waals surface area contributed by atoms with Gasteiger partial charge in [-0.3, -0.25) is 0 Å². The standard InChI is InChI=1S/C20H24NO.Y/c1-15-5-9-18(10-6-15)13-14-20(4,22)17(3)21-19-11-7-16(2)8-12-19;/h5-7,9-12,21-22H,3,13-14H2,1-2,4H3;/q-1;/t20-;/m0./s1. The van der Waals surface area contributed by atoms with Crippen molar-refractivity contribution in [2.75, 3.05) is 5.32 Å². The van der Waals surface area contributed by atoms with Crippen LogP contribution in [0.1, 0.15) is 30.0 Å². The maximum atomic E-state index is 10.6. The topological polar surface area (TPSA) is 32.3 Å². The molecule has 0 aromatic heterocycles. The predicted molar refractivity (Wildman–Crippen MR) is 92.9 cm³/mol. The third kappa shape index (κ3) is 6.21. The van der Waals surface area contributed by atoms with E-state index in [1.54, 1.807) is 6.92 Å². The van der Waals surface area contributed by atoms with E-state index in [1.165, 1.54) is 11.1 Å². The number of hydrogen-bond donors (Lipinski definition) is 2. The zero-order valence-corrected chi connectivity index (χ0v) is 17.0. The van der Waals surface area contributed by atoms with Gasteiger partial charge in [-0.25, -0.2) is 0 Å². The molecular weight excluding hydrogens is 359 g/mol. The van der Waals surface area contributed by atoms with E-state index in [1.807, 2.05) is 25.1 Å². The molecule has 0 aliphatic heterocycles. The molecule has 2 aromatic carbocycles. The summed E-state index contributed by atoms with van der Waals surface area (Å²) in [6.45, 7) is 9.87. The molecule has 1 radical (unpaired) electrons. The first-order valence-electron chi connectivity index (χ1n) is 7.59. The Labute approximate surface area is 164 Å². The van der Waals surface area contributed by atoms with Crippen molar-refractivity contribution in [1.29, 1.82) is 0 Å². The Bertz CT molecular complexity index is 630. The molecular formula is C20H24NOY-. The van der Waals surface area contributed by atoms with E-state index in [9.17, 15) is 5.11 Å². The van der Waals surface area contributed by atoms with E-state index in [4.69, 9.17) is 0 Å². The minimum Gasteiger partial charge on any atom is -0.410 e. The van der Waals surface area contributed by atoms with Crippen molar-refractivity contribution >= 4 is 5.69 Å². The molecule has 2 rings (SSSR count). The Kier molecular flexibility index (Phi) is 7.66. The second kappa shape index (κ2) is 8.77. The van der Waals surface area contributed by atoms with Crippen LogP contribution in [0.5, 0.6) is 0 Å². The summed E-state index contributed by atoms with van der Waals surface area (Å²) in [5.74, 6) is 0. The first-order chi connectivity index (χ1) is 10.4. The van der Waals surface area contributed by atoms with Crippen LogP contribution < -0.4 is 5.32 Å². The zero-order chi connectivity index (χ0) is 16.2. The number of aliphatic hydroxyl groups is 1. The normalized spacial score (nSPS) is 12.9. The monoisotopic (exact) mass is 383 g/mol. The molecule has 2 nitrogen and oxygen atoms in total. The van der Waals surface area contributed by atoms with Crippen LogP contribution in [-0.2, 0) is 39.1 Å². The Hall–Kier alpha value is -0.956. The van der Waals surface area contributed by atoms with Crippen LogP contribution in [-0.4, -0.2) is 10.7 Å². The summed E-state index contributed by atoms with van der Waals surface area (Å²) in [6, 6.07) is 17.4. The Balaban J connectivity index is 0.00000264. The summed E-state index contributed by atoms with van der Waals surface area (Å²) < 4.78 is 0. The molecule has 0 heterocycles. The molecule has 0 aliphatic carbocycles. The van der Waals surface area contributed by atoms with Gasteiger partial charge < -0.3 is 10.4 Å². The SMILES string of the molecule is C=C(Nc1c[c-]c(C)cc1)[C@@](C)(O)CCc1ccc(C)cc1.[Y]. The Morgan fingerprint density at radius 1 is 1.17 bits per heavy atom. The van der Waals surface area contributed by atoms with Crippen LogP contribution in [0.25, 0.3) is 0 Å². The van der Waals surface area contributed by atoms with Crippen molar-refractivity contribution in [2.45, 2.75) is 39.2 Å². The summed E-state index contributed by atoms with van der Waals surface area (Å²) in [7, 11) is 0. The molecule has 3 heteroatoms. The van der Waals surface area contributed by atoms with Gasteiger partial charge in [-0.1, -0.05) is 49.0 Å². The van der Waals surface area contributed by atoms with Gasteiger partial charge >= 0.3 is 0 Å². The van der Waals surface area contributed by atoms with E-state index < -0.39 is 5.60 Å².